The third-order valence-electron chi connectivity index (χ3n) is 20.8. The average Bonchev–Trinajstić information content (AvgIpc) is 1.54. The minimum atomic E-state index is -3.56. The largest absolute Gasteiger partial charge is 0.494 e. The summed E-state index contributed by atoms with van der Waals surface area (Å²) >= 11 is 3.54. The molecule has 0 aliphatic rings. The zero-order chi connectivity index (χ0) is 89.2. The summed E-state index contributed by atoms with van der Waals surface area (Å²) in [6.07, 6.45) is 6.96. The second-order valence-electron chi connectivity index (χ2n) is 34.1. The van der Waals surface area contributed by atoms with Gasteiger partial charge in [-0.3, -0.25) is 19.9 Å². The molecule has 0 aliphatic carbocycles. The first-order valence-electron chi connectivity index (χ1n) is 40.4. The predicted octanol–water partition coefficient (Wildman–Crippen LogP) is 20.6. The minimum absolute atomic E-state index is 0.0277. The molecule has 16 aromatic rings. The molecule has 8 aromatic carbocycles. The van der Waals surface area contributed by atoms with Crippen molar-refractivity contribution in [1.29, 1.82) is 0 Å². The van der Waals surface area contributed by atoms with E-state index in [4.69, 9.17) is 9.47 Å². The fraction of sp³-hybridized carbons (Fsp3) is 0.258. The number of aromatic nitrogens is 12. The maximum absolute atomic E-state index is 13.2. The van der Waals surface area contributed by atoms with Crippen LogP contribution < -0.4 is 9.47 Å². The lowest BCUT2D eigenvalue weighted by Crippen LogP contribution is -2.13. The van der Waals surface area contributed by atoms with E-state index in [9.17, 15) is 33.7 Å². The molecule has 22 nitrogen and oxygen atoms in total. The van der Waals surface area contributed by atoms with Crippen LogP contribution in [0.15, 0.2) is 273 Å². The number of rotatable bonds is 19. The van der Waals surface area contributed by atoms with E-state index >= 15 is 0 Å². The lowest BCUT2D eigenvalue weighted by Gasteiger charge is -2.19. The zero-order valence-corrected chi connectivity index (χ0v) is 77.4. The summed E-state index contributed by atoms with van der Waals surface area (Å²) in [4.78, 5) is 18.9. The van der Waals surface area contributed by atoms with E-state index in [1.54, 1.807) is 111 Å². The summed E-state index contributed by atoms with van der Waals surface area (Å²) in [5, 5.41) is 22.0. The molecule has 0 radical (unpaired) electrons. The maximum Gasteiger partial charge on any atom is 0.184 e. The number of hydrogen-bond acceptors (Lipinski definition) is 18. The van der Waals surface area contributed by atoms with Crippen molar-refractivity contribution in [2.75, 3.05) is 7.11 Å². The number of ether oxygens (including phenoxy) is 2. The Morgan fingerprint density at radius 1 is 0.347 bits per heavy atom. The second kappa shape index (κ2) is 36.1. The summed E-state index contributed by atoms with van der Waals surface area (Å²) in [6, 6.07) is 68.0. The van der Waals surface area contributed by atoms with E-state index in [2.05, 4.69) is 119 Å². The highest BCUT2D eigenvalue weighted by Crippen LogP contribution is 2.36. The molecule has 0 aliphatic heterocycles. The summed E-state index contributed by atoms with van der Waals surface area (Å²) in [5.74, 6) is 0.721. The maximum atomic E-state index is 13.2. The van der Waals surface area contributed by atoms with Crippen LogP contribution in [0.5, 0.6) is 11.5 Å². The van der Waals surface area contributed by atoms with Crippen molar-refractivity contribution in [2.45, 2.75) is 176 Å². The number of sulfone groups is 4. The molecule has 0 bridgehead atoms. The molecule has 0 saturated heterocycles. The monoisotopic (exact) mass is 1800 g/mol. The van der Waals surface area contributed by atoms with Gasteiger partial charge in [-0.05, 0) is 285 Å². The molecule has 8 aromatic heterocycles. The van der Waals surface area contributed by atoms with Crippen molar-refractivity contribution in [3.05, 3.63) is 322 Å². The Hall–Kier alpha value is -11.9. The summed E-state index contributed by atoms with van der Waals surface area (Å²) < 4.78 is 124. The summed E-state index contributed by atoms with van der Waals surface area (Å²) in [6.45, 7) is 32.3. The number of fused-ring (bicyclic) bond motifs is 4. The van der Waals surface area contributed by atoms with Gasteiger partial charge in [0, 0.05) is 50.8 Å². The van der Waals surface area contributed by atoms with E-state index in [-0.39, 0.29) is 50.3 Å². The van der Waals surface area contributed by atoms with Crippen molar-refractivity contribution in [2.24, 2.45) is 0 Å². The van der Waals surface area contributed by atoms with Gasteiger partial charge < -0.3 is 9.47 Å². The number of aryl methyl sites for hydroxylation is 5. The van der Waals surface area contributed by atoms with Crippen molar-refractivity contribution < 1.29 is 43.1 Å². The quantitative estimate of drug-likeness (QED) is 0.0727. The SMILES string of the molecule is COc1ccc(-n2nc(C)cc2CS(=O)(=O)c2ccc(C(C)(C)C)cc2)c2cccnc12.Cc1cc(-n2nc(C)cc2CS(=O)(=O)c2ccc(C(C)(C)C)cc2)c2cccnc2c1.Cc1cc(CS(=O)(=O)c2ccc(C(C)(C)C)cc2)n(-c2ccc(Br)c3ncccc23)n1.Cc1cc(CS(=O)(=O)c2ccc(OC(C)C)cc2)n(-c2cccc3ncccc23)n1. The van der Waals surface area contributed by atoms with Crippen molar-refractivity contribution in [3.63, 3.8) is 0 Å². The number of methoxy groups -OCH3 is 1. The van der Waals surface area contributed by atoms with Crippen LogP contribution in [0.3, 0.4) is 0 Å². The van der Waals surface area contributed by atoms with Crippen LogP contribution in [-0.4, -0.2) is 106 Å². The topological polar surface area (TPSA) is 278 Å². The van der Waals surface area contributed by atoms with Crippen LogP contribution in [0.2, 0.25) is 0 Å². The first-order chi connectivity index (χ1) is 58.5. The normalized spacial score (nSPS) is 12.2. The Morgan fingerprint density at radius 2 is 0.677 bits per heavy atom. The molecule has 0 spiro atoms. The molecular formula is C97H101BrN12O10S4. The Labute approximate surface area is 734 Å². The Bertz CT molecular complexity index is 7110. The molecule has 8 heterocycles. The molecule has 0 fully saturated rings. The van der Waals surface area contributed by atoms with Crippen LogP contribution >= 0.6 is 15.9 Å². The van der Waals surface area contributed by atoms with Gasteiger partial charge in [-0.2, -0.15) is 20.4 Å². The van der Waals surface area contributed by atoms with Gasteiger partial charge in [-0.25, -0.2) is 52.4 Å². The van der Waals surface area contributed by atoms with Crippen LogP contribution in [0.25, 0.3) is 66.4 Å². The number of halogens is 1. The van der Waals surface area contributed by atoms with Gasteiger partial charge in [-0.1, -0.05) is 105 Å². The van der Waals surface area contributed by atoms with Crippen LogP contribution in [-0.2, 0) is 78.6 Å². The predicted molar refractivity (Wildman–Crippen MR) is 495 cm³/mol. The highest BCUT2D eigenvalue weighted by Gasteiger charge is 2.28. The highest BCUT2D eigenvalue weighted by atomic mass is 79.9. The molecule has 16 rings (SSSR count). The van der Waals surface area contributed by atoms with Crippen LogP contribution in [0, 0.1) is 34.6 Å². The van der Waals surface area contributed by atoms with Crippen molar-refractivity contribution in [3.8, 4) is 34.2 Å². The fourth-order valence-electron chi connectivity index (χ4n) is 14.6. The molecule has 0 saturated carbocycles. The van der Waals surface area contributed by atoms with Gasteiger partial charge in [0.15, 0.2) is 39.3 Å². The molecule has 640 valence electrons. The van der Waals surface area contributed by atoms with Gasteiger partial charge >= 0.3 is 0 Å². The van der Waals surface area contributed by atoms with Gasteiger partial charge in [0.05, 0.1) is 141 Å². The summed E-state index contributed by atoms with van der Waals surface area (Å²) in [7, 11) is -12.6. The molecule has 0 amide bonds. The lowest BCUT2D eigenvalue weighted by molar-refractivity contribution is 0.242. The Kier molecular flexibility index (Phi) is 26.2. The number of pyridine rings is 4. The van der Waals surface area contributed by atoms with Gasteiger partial charge in [-0.15, -0.1) is 0 Å². The molecule has 124 heavy (non-hydrogen) atoms. The molecule has 0 atom stereocenters. The lowest BCUT2D eigenvalue weighted by atomic mass is 9.87. The van der Waals surface area contributed by atoms with Gasteiger partial charge in [0.25, 0.3) is 0 Å². The van der Waals surface area contributed by atoms with Crippen LogP contribution in [0.4, 0.5) is 0 Å². The van der Waals surface area contributed by atoms with E-state index in [0.717, 1.165) is 110 Å². The zero-order valence-electron chi connectivity index (χ0n) is 72.5. The van der Waals surface area contributed by atoms with Crippen LogP contribution in [0.1, 0.15) is 144 Å². The van der Waals surface area contributed by atoms with E-state index in [0.29, 0.717) is 54.5 Å². The average molecular weight is 1800 g/mol. The molecular weight excluding hydrogens is 1700 g/mol. The summed E-state index contributed by atoms with van der Waals surface area (Å²) in [5.41, 5.74) is 16.1. The van der Waals surface area contributed by atoms with E-state index in [1.165, 1.54) is 0 Å². The fourth-order valence-corrected chi connectivity index (χ4v) is 20.3. The van der Waals surface area contributed by atoms with E-state index < -0.39 is 39.3 Å². The number of benzene rings is 8. The van der Waals surface area contributed by atoms with Crippen molar-refractivity contribution in [1.82, 2.24) is 59.1 Å². The first kappa shape index (κ1) is 89.9. The highest BCUT2D eigenvalue weighted by molar-refractivity contribution is 9.10. The second-order valence-corrected chi connectivity index (χ2v) is 42.9. The number of hydrogen-bond donors (Lipinski definition) is 0. The Morgan fingerprint density at radius 3 is 1.06 bits per heavy atom. The molecule has 0 unspecified atom stereocenters. The smallest absolute Gasteiger partial charge is 0.184 e. The van der Waals surface area contributed by atoms with Crippen molar-refractivity contribution >= 4 is 98.9 Å². The minimum Gasteiger partial charge on any atom is -0.494 e. The molecule has 27 heteroatoms. The van der Waals surface area contributed by atoms with E-state index in [1.807, 2.05) is 212 Å². The molecule has 0 N–H and O–H groups in total. The third kappa shape index (κ3) is 20.6. The first-order valence-corrected chi connectivity index (χ1v) is 47.8. The Balaban J connectivity index is 0.000000142. The third-order valence-corrected chi connectivity index (χ3v) is 28.1. The standard InChI is InChI=1S/C25H27N3O3S.C25H27N3O2S.C24H24BrN3O2S.C23H23N3O3S/c1-17-15-19(16-32(29,30)20-10-8-18(9-11-20)25(2,3)4)28(27-17)22-12-13-23(31-5)24-21(22)7-6-14-26-24;1-17-13-23-22(7-6-12-26-23)24(14-17)28-20(15-18(2)27-28)16-31(29,30)21-10-8-19(9-11-21)25(3,4)5;1-16-14-18(15-31(29,30)19-9-7-17(8-10-19)24(2,3)4)28(27-16)22-12-11-21(25)23-20(22)6-5-13-26-23;1-16(2)29-19-9-11-20(12-10-19)30(27,28)15-18-14-17(3)25-26(18)23-8-4-7-22-21(23)6-5-13-24-22/h6-15H,16H2,1-5H3;6-15H,16H2,1-5H3;5-14H,15H2,1-4H3;4-14,16H,15H2,1-3H3. The number of nitrogens with zero attached hydrogens (tertiary/aromatic N) is 12. The van der Waals surface area contributed by atoms with Gasteiger partial charge in [0.1, 0.15) is 17.0 Å². The van der Waals surface area contributed by atoms with Gasteiger partial charge in [0.2, 0.25) is 0 Å².